The number of urea groups is 1. The number of fused-ring (bicyclic) bond motifs is 2. The van der Waals surface area contributed by atoms with Crippen LogP contribution in [0.3, 0.4) is 0 Å². The van der Waals surface area contributed by atoms with Gasteiger partial charge in [-0.2, -0.15) is 0 Å². The smallest absolute Gasteiger partial charge is 0.326 e. The van der Waals surface area contributed by atoms with E-state index in [2.05, 4.69) is 50.2 Å². The number of hydrogen-bond acceptors (Lipinski definition) is 4. The molecule has 162 valence electrons. The third kappa shape index (κ3) is 3.96. The molecule has 0 bridgehead atoms. The molecule has 7 heteroatoms. The maximum Gasteiger partial charge on any atom is 0.326 e. The molecule has 0 spiro atoms. The first-order valence-electron chi connectivity index (χ1n) is 11.0. The van der Waals surface area contributed by atoms with Gasteiger partial charge in [0.2, 0.25) is 0 Å². The average Bonchev–Trinajstić information content (AvgIpc) is 3.17. The van der Waals surface area contributed by atoms with Crippen LogP contribution in [0, 0.1) is 0 Å². The molecule has 0 unspecified atom stereocenters. The highest BCUT2D eigenvalue weighted by molar-refractivity contribution is 9.10. The number of likely N-dealkylation sites (N-methyl/N-ethyl adjacent to an activating group) is 1. The summed E-state index contributed by atoms with van der Waals surface area (Å²) in [6.07, 6.45) is 3.27. The molecule has 2 heterocycles. The lowest BCUT2D eigenvalue weighted by atomic mass is 9.90. The Kier molecular flexibility index (Phi) is 5.48. The fourth-order valence-electron chi connectivity index (χ4n) is 4.79. The number of carbonyl (C=O) groups is 2. The van der Waals surface area contributed by atoms with Crippen LogP contribution >= 0.6 is 15.9 Å². The zero-order chi connectivity index (χ0) is 21.5. The first kappa shape index (κ1) is 20.5. The molecular weight excluding hydrogens is 456 g/mol. The number of ketones is 1. The van der Waals surface area contributed by atoms with E-state index in [4.69, 9.17) is 0 Å². The number of nitrogens with one attached hydrogen (secondary N) is 1. The minimum Gasteiger partial charge on any atom is -0.368 e. The van der Waals surface area contributed by atoms with Gasteiger partial charge in [0.1, 0.15) is 0 Å². The van der Waals surface area contributed by atoms with Crippen LogP contribution in [0.1, 0.15) is 34.3 Å². The van der Waals surface area contributed by atoms with Crippen molar-refractivity contribution in [3.63, 3.8) is 0 Å². The topological polar surface area (TPSA) is 55.9 Å². The van der Waals surface area contributed by atoms with Crippen LogP contribution in [-0.2, 0) is 12.8 Å². The Morgan fingerprint density at radius 1 is 0.935 bits per heavy atom. The van der Waals surface area contributed by atoms with Gasteiger partial charge in [-0.25, -0.2) is 4.79 Å². The van der Waals surface area contributed by atoms with Crippen molar-refractivity contribution in [1.82, 2.24) is 4.90 Å². The molecule has 0 atom stereocenters. The average molecular weight is 483 g/mol. The Bertz CT molecular complexity index is 1050. The van der Waals surface area contributed by atoms with Gasteiger partial charge in [0.15, 0.2) is 5.78 Å². The molecule has 6 nitrogen and oxygen atoms in total. The molecule has 31 heavy (non-hydrogen) atoms. The van der Waals surface area contributed by atoms with E-state index in [0.717, 1.165) is 72.4 Å². The molecule has 0 aromatic heterocycles. The Morgan fingerprint density at radius 3 is 2.55 bits per heavy atom. The first-order chi connectivity index (χ1) is 15.0. The normalized spacial score (nSPS) is 18.7. The summed E-state index contributed by atoms with van der Waals surface area (Å²) in [6.45, 7) is 4.67. The maximum absolute atomic E-state index is 13.1. The maximum atomic E-state index is 13.1. The summed E-state index contributed by atoms with van der Waals surface area (Å²) in [4.78, 5) is 31.9. The van der Waals surface area contributed by atoms with E-state index in [1.807, 2.05) is 23.1 Å². The SMILES string of the molecule is CN1CCN(c2cc3c(cc2Br)CCN3C(=O)Nc2ccc3c(c2)C(=O)CCC3)CC1. The van der Waals surface area contributed by atoms with Crippen molar-refractivity contribution in [3.8, 4) is 0 Å². The number of benzene rings is 2. The van der Waals surface area contributed by atoms with Crippen molar-refractivity contribution in [2.24, 2.45) is 0 Å². The molecule has 1 aliphatic carbocycles. The van der Waals surface area contributed by atoms with Crippen LogP contribution in [0.15, 0.2) is 34.8 Å². The molecule has 1 saturated heterocycles. The van der Waals surface area contributed by atoms with Crippen LogP contribution in [0.5, 0.6) is 0 Å². The van der Waals surface area contributed by atoms with E-state index in [-0.39, 0.29) is 11.8 Å². The molecule has 0 radical (unpaired) electrons. The molecule has 1 N–H and O–H groups in total. The van der Waals surface area contributed by atoms with Crippen molar-refractivity contribution in [2.45, 2.75) is 25.7 Å². The van der Waals surface area contributed by atoms with Gasteiger partial charge in [0.05, 0.1) is 11.4 Å². The summed E-state index contributed by atoms with van der Waals surface area (Å²) >= 11 is 3.75. The van der Waals surface area contributed by atoms with Gasteiger partial charge in [0.25, 0.3) is 0 Å². The molecular formula is C24H27BrN4O2. The molecule has 0 saturated carbocycles. The van der Waals surface area contributed by atoms with E-state index in [1.165, 1.54) is 5.56 Å². The molecule has 2 aromatic rings. The highest BCUT2D eigenvalue weighted by atomic mass is 79.9. The van der Waals surface area contributed by atoms with E-state index < -0.39 is 0 Å². The predicted octanol–water partition coefficient (Wildman–Crippen LogP) is 4.31. The van der Waals surface area contributed by atoms with Crippen molar-refractivity contribution in [2.75, 3.05) is 54.9 Å². The van der Waals surface area contributed by atoms with Crippen LogP contribution < -0.4 is 15.1 Å². The number of carbonyl (C=O) groups excluding carboxylic acids is 2. The predicted molar refractivity (Wildman–Crippen MR) is 128 cm³/mol. The van der Waals surface area contributed by atoms with Crippen LogP contribution in [0.4, 0.5) is 21.9 Å². The van der Waals surface area contributed by atoms with Gasteiger partial charge in [-0.3, -0.25) is 9.69 Å². The third-order valence-corrected chi connectivity index (χ3v) is 7.28. The summed E-state index contributed by atoms with van der Waals surface area (Å²) in [6, 6.07) is 9.88. The fraction of sp³-hybridized carbons (Fsp3) is 0.417. The second-order valence-electron chi connectivity index (χ2n) is 8.70. The number of halogens is 1. The van der Waals surface area contributed by atoms with Gasteiger partial charge in [-0.05, 0) is 77.6 Å². The van der Waals surface area contributed by atoms with E-state index >= 15 is 0 Å². The summed E-state index contributed by atoms with van der Waals surface area (Å²) in [5.41, 5.74) is 5.83. The zero-order valence-corrected chi connectivity index (χ0v) is 19.4. The van der Waals surface area contributed by atoms with Crippen LogP contribution in [-0.4, -0.2) is 56.5 Å². The largest absolute Gasteiger partial charge is 0.368 e. The van der Waals surface area contributed by atoms with Gasteiger partial charge in [-0.15, -0.1) is 0 Å². The first-order valence-corrected chi connectivity index (χ1v) is 11.8. The number of nitrogens with zero attached hydrogens (tertiary/aromatic N) is 3. The summed E-state index contributed by atoms with van der Waals surface area (Å²) in [7, 11) is 2.15. The monoisotopic (exact) mass is 482 g/mol. The number of amides is 2. The van der Waals surface area contributed by atoms with Crippen molar-refractivity contribution in [3.05, 3.63) is 51.5 Å². The molecule has 2 amide bonds. The van der Waals surface area contributed by atoms with Crippen molar-refractivity contribution in [1.29, 1.82) is 0 Å². The standard InChI is InChI=1S/C24H27BrN4O2/c1-27-9-11-28(12-10-27)22-15-21-17(13-20(22)25)7-8-29(21)24(31)26-18-6-5-16-3-2-4-23(30)19(16)14-18/h5-6,13-15H,2-4,7-12H2,1H3,(H,26,31). The van der Waals surface area contributed by atoms with Crippen LogP contribution in [0.25, 0.3) is 0 Å². The third-order valence-electron chi connectivity index (χ3n) is 6.64. The Hall–Kier alpha value is -2.38. The molecule has 3 aliphatic rings. The Balaban J connectivity index is 1.37. The molecule has 2 aromatic carbocycles. The molecule has 2 aliphatic heterocycles. The number of rotatable bonds is 2. The quantitative estimate of drug-likeness (QED) is 0.692. The number of hydrogen-bond donors (Lipinski definition) is 1. The lowest BCUT2D eigenvalue weighted by Gasteiger charge is -2.35. The number of Topliss-reactive ketones (excluding diaryl/α,β-unsaturated/α-hetero) is 1. The lowest BCUT2D eigenvalue weighted by Crippen LogP contribution is -2.44. The summed E-state index contributed by atoms with van der Waals surface area (Å²) < 4.78 is 1.09. The Morgan fingerprint density at radius 2 is 1.74 bits per heavy atom. The summed E-state index contributed by atoms with van der Waals surface area (Å²) in [5.74, 6) is 0.172. The van der Waals surface area contributed by atoms with E-state index in [0.29, 0.717) is 18.7 Å². The molecule has 1 fully saturated rings. The second-order valence-corrected chi connectivity index (χ2v) is 9.56. The minimum absolute atomic E-state index is 0.145. The number of anilines is 3. The van der Waals surface area contributed by atoms with Gasteiger partial charge in [0, 0.05) is 54.9 Å². The van der Waals surface area contributed by atoms with E-state index in [1.54, 1.807) is 0 Å². The highest BCUT2D eigenvalue weighted by Crippen LogP contribution is 2.38. The van der Waals surface area contributed by atoms with Gasteiger partial charge < -0.3 is 15.1 Å². The van der Waals surface area contributed by atoms with Crippen LogP contribution in [0.2, 0.25) is 0 Å². The fourth-order valence-corrected chi connectivity index (χ4v) is 5.44. The number of aryl methyl sites for hydroxylation is 1. The zero-order valence-electron chi connectivity index (χ0n) is 17.8. The highest BCUT2D eigenvalue weighted by Gasteiger charge is 2.28. The number of piperazine rings is 1. The Labute approximate surface area is 191 Å². The lowest BCUT2D eigenvalue weighted by molar-refractivity contribution is 0.0972. The van der Waals surface area contributed by atoms with Crippen molar-refractivity contribution < 1.29 is 9.59 Å². The van der Waals surface area contributed by atoms with Crippen molar-refractivity contribution >= 4 is 44.8 Å². The summed E-state index contributed by atoms with van der Waals surface area (Å²) in [5, 5.41) is 3.02. The second kappa shape index (κ2) is 8.28. The van der Waals surface area contributed by atoms with Gasteiger partial charge >= 0.3 is 6.03 Å². The molecule has 5 rings (SSSR count). The van der Waals surface area contributed by atoms with E-state index in [9.17, 15) is 9.59 Å². The minimum atomic E-state index is -0.145. The van der Waals surface area contributed by atoms with Gasteiger partial charge in [-0.1, -0.05) is 6.07 Å².